The summed E-state index contributed by atoms with van der Waals surface area (Å²) >= 11 is 1.30. The van der Waals surface area contributed by atoms with Crippen LogP contribution < -0.4 is 21.3 Å². The van der Waals surface area contributed by atoms with Crippen LogP contribution in [0.4, 0.5) is 0 Å². The summed E-state index contributed by atoms with van der Waals surface area (Å²) in [4.78, 5) is 31.7. The number of fused-ring (bicyclic) bond motifs is 1. The van der Waals surface area contributed by atoms with Crippen molar-refractivity contribution in [3.63, 3.8) is 0 Å². The lowest BCUT2D eigenvalue weighted by Gasteiger charge is -2.06. The lowest BCUT2D eigenvalue weighted by atomic mass is 10.2. The lowest BCUT2D eigenvalue weighted by Crippen LogP contribution is -2.27. The van der Waals surface area contributed by atoms with Crippen LogP contribution in [-0.2, 0) is 13.1 Å². The zero-order valence-corrected chi connectivity index (χ0v) is 13.8. The number of carbonyl (C=O) groups excluding carboxylic acids is 1. The second-order valence-electron chi connectivity index (χ2n) is 5.09. The number of aromatic amines is 1. The summed E-state index contributed by atoms with van der Waals surface area (Å²) in [5.41, 5.74) is 6.86. The van der Waals surface area contributed by atoms with E-state index >= 15 is 0 Å². The Morgan fingerprint density at radius 3 is 3.04 bits per heavy atom. The molecule has 1 amide bonds. The highest BCUT2D eigenvalue weighted by atomic mass is 32.1. The Hall–Kier alpha value is -2.71. The highest BCUT2D eigenvalue weighted by molar-refractivity contribution is 7.16. The molecule has 0 radical (unpaired) electrons. The van der Waals surface area contributed by atoms with Gasteiger partial charge in [-0.1, -0.05) is 12.1 Å². The maximum absolute atomic E-state index is 12.2. The molecule has 1 aromatic carbocycles. The normalized spacial score (nSPS) is 10.8. The van der Waals surface area contributed by atoms with Gasteiger partial charge < -0.3 is 20.8 Å². The van der Waals surface area contributed by atoms with Crippen molar-refractivity contribution in [2.75, 3.05) is 7.11 Å². The summed E-state index contributed by atoms with van der Waals surface area (Å²) in [5.74, 6) is 0.253. The predicted octanol–water partition coefficient (Wildman–Crippen LogP) is 1.38. The van der Waals surface area contributed by atoms with Crippen molar-refractivity contribution in [1.82, 2.24) is 15.3 Å². The van der Waals surface area contributed by atoms with E-state index in [2.05, 4.69) is 15.3 Å². The van der Waals surface area contributed by atoms with Gasteiger partial charge in [-0.2, -0.15) is 0 Å². The first-order valence-corrected chi connectivity index (χ1v) is 8.12. The number of hydrogen-bond donors (Lipinski definition) is 3. The molecule has 0 fully saturated rings. The Balaban J connectivity index is 1.80. The number of hydrogen-bond acceptors (Lipinski definition) is 6. The van der Waals surface area contributed by atoms with E-state index in [-0.39, 0.29) is 17.9 Å². The van der Waals surface area contributed by atoms with Crippen molar-refractivity contribution in [2.24, 2.45) is 5.73 Å². The molecule has 0 bridgehead atoms. The quantitative estimate of drug-likeness (QED) is 0.648. The summed E-state index contributed by atoms with van der Waals surface area (Å²) in [5, 5.41) is 4.97. The molecule has 24 heavy (non-hydrogen) atoms. The number of nitrogens with one attached hydrogen (secondary N) is 2. The second-order valence-corrected chi connectivity index (χ2v) is 5.95. The van der Waals surface area contributed by atoms with Gasteiger partial charge in [-0.25, -0.2) is 4.98 Å². The number of ether oxygens (including phenoxy) is 1. The number of H-pyrrole nitrogens is 1. The number of nitrogens with zero attached hydrogens (tertiary/aromatic N) is 1. The molecule has 0 aliphatic rings. The SMILES string of the molecule is COc1cccc(CNC(=O)c2nc3scc(CN)c3c(=O)[nH]2)c1. The Labute approximate surface area is 141 Å². The molecular weight excluding hydrogens is 328 g/mol. The molecule has 0 aliphatic carbocycles. The summed E-state index contributed by atoms with van der Waals surface area (Å²) in [6.07, 6.45) is 0. The van der Waals surface area contributed by atoms with Gasteiger partial charge in [-0.15, -0.1) is 11.3 Å². The molecule has 8 heteroatoms. The molecule has 4 N–H and O–H groups in total. The van der Waals surface area contributed by atoms with Crippen LogP contribution >= 0.6 is 11.3 Å². The van der Waals surface area contributed by atoms with Gasteiger partial charge in [-0.3, -0.25) is 9.59 Å². The van der Waals surface area contributed by atoms with Crippen molar-refractivity contribution in [2.45, 2.75) is 13.1 Å². The molecule has 0 spiro atoms. The van der Waals surface area contributed by atoms with E-state index < -0.39 is 5.91 Å². The van der Waals surface area contributed by atoms with Gasteiger partial charge in [0.25, 0.3) is 11.5 Å². The number of methoxy groups -OCH3 is 1. The molecule has 0 saturated heterocycles. The predicted molar refractivity (Wildman–Crippen MR) is 92.3 cm³/mol. The van der Waals surface area contributed by atoms with Crippen LogP contribution in [0.2, 0.25) is 0 Å². The fourth-order valence-electron chi connectivity index (χ4n) is 2.31. The van der Waals surface area contributed by atoms with E-state index in [1.54, 1.807) is 12.5 Å². The molecule has 0 saturated carbocycles. The van der Waals surface area contributed by atoms with Crippen LogP contribution in [0.25, 0.3) is 10.2 Å². The fourth-order valence-corrected chi connectivity index (χ4v) is 3.27. The molecule has 2 heterocycles. The van der Waals surface area contributed by atoms with E-state index in [0.29, 0.717) is 22.5 Å². The minimum atomic E-state index is -0.445. The molecular formula is C16H16N4O3S. The summed E-state index contributed by atoms with van der Waals surface area (Å²) in [7, 11) is 1.58. The third kappa shape index (κ3) is 3.15. The minimum absolute atomic E-state index is 0.0131. The zero-order chi connectivity index (χ0) is 17.1. The number of nitrogens with two attached hydrogens (primary N) is 1. The number of amides is 1. The van der Waals surface area contributed by atoms with Gasteiger partial charge in [0.15, 0.2) is 0 Å². The molecule has 3 rings (SSSR count). The van der Waals surface area contributed by atoms with Crippen LogP contribution in [-0.4, -0.2) is 23.0 Å². The number of aromatic nitrogens is 2. The second kappa shape index (κ2) is 6.81. The Morgan fingerprint density at radius 1 is 1.46 bits per heavy atom. The zero-order valence-electron chi connectivity index (χ0n) is 13.0. The third-order valence-electron chi connectivity index (χ3n) is 3.54. The monoisotopic (exact) mass is 344 g/mol. The highest BCUT2D eigenvalue weighted by Gasteiger charge is 2.14. The van der Waals surface area contributed by atoms with Crippen LogP contribution in [0, 0.1) is 0 Å². The molecule has 0 unspecified atom stereocenters. The molecule has 2 aromatic heterocycles. The van der Waals surface area contributed by atoms with E-state index in [1.165, 1.54) is 11.3 Å². The summed E-state index contributed by atoms with van der Waals surface area (Å²) in [6, 6.07) is 7.36. The molecule has 0 aliphatic heterocycles. The molecule has 124 valence electrons. The third-order valence-corrected chi connectivity index (χ3v) is 4.46. The maximum Gasteiger partial charge on any atom is 0.287 e. The number of rotatable bonds is 5. The first-order chi connectivity index (χ1) is 11.6. The van der Waals surface area contributed by atoms with Gasteiger partial charge >= 0.3 is 0 Å². The Morgan fingerprint density at radius 2 is 2.29 bits per heavy atom. The van der Waals surface area contributed by atoms with Crippen molar-refractivity contribution in [3.8, 4) is 5.75 Å². The topological polar surface area (TPSA) is 110 Å². The average Bonchev–Trinajstić information content (AvgIpc) is 3.03. The minimum Gasteiger partial charge on any atom is -0.497 e. The van der Waals surface area contributed by atoms with Crippen LogP contribution in [0.3, 0.4) is 0 Å². The standard InChI is InChI=1S/C16H16N4O3S/c1-23-11-4-2-3-9(5-11)7-18-15(22)13-19-14(21)12-10(6-17)8-24-16(12)20-13/h2-5,8H,6-7,17H2,1H3,(H,18,22)(H,19,20,21). The highest BCUT2D eigenvalue weighted by Crippen LogP contribution is 2.20. The first kappa shape index (κ1) is 16.2. The van der Waals surface area contributed by atoms with Gasteiger partial charge in [0, 0.05) is 13.1 Å². The van der Waals surface area contributed by atoms with Crippen molar-refractivity contribution >= 4 is 27.5 Å². The molecule has 7 nitrogen and oxygen atoms in total. The van der Waals surface area contributed by atoms with Gasteiger partial charge in [0.05, 0.1) is 12.5 Å². The molecule has 3 aromatic rings. The number of carbonyl (C=O) groups is 1. The van der Waals surface area contributed by atoms with Crippen LogP contribution in [0.5, 0.6) is 5.75 Å². The van der Waals surface area contributed by atoms with Gasteiger partial charge in [-0.05, 0) is 28.6 Å². The van der Waals surface area contributed by atoms with Crippen LogP contribution in [0.1, 0.15) is 21.7 Å². The number of benzene rings is 1. The smallest absolute Gasteiger partial charge is 0.287 e. The lowest BCUT2D eigenvalue weighted by molar-refractivity contribution is 0.0940. The van der Waals surface area contributed by atoms with Crippen LogP contribution in [0.15, 0.2) is 34.4 Å². The fraction of sp³-hybridized carbons (Fsp3) is 0.188. The van der Waals surface area contributed by atoms with E-state index in [4.69, 9.17) is 10.5 Å². The Bertz CT molecular complexity index is 948. The van der Waals surface area contributed by atoms with E-state index in [0.717, 1.165) is 11.1 Å². The van der Waals surface area contributed by atoms with E-state index in [9.17, 15) is 9.59 Å². The summed E-state index contributed by atoms with van der Waals surface area (Å²) < 4.78 is 5.14. The van der Waals surface area contributed by atoms with Crippen molar-refractivity contribution < 1.29 is 9.53 Å². The van der Waals surface area contributed by atoms with Crippen molar-refractivity contribution in [1.29, 1.82) is 0 Å². The Kier molecular flexibility index (Phi) is 4.59. The van der Waals surface area contributed by atoms with Gasteiger partial charge in [0.1, 0.15) is 10.6 Å². The largest absolute Gasteiger partial charge is 0.497 e. The number of thiophene rings is 1. The maximum atomic E-state index is 12.2. The summed E-state index contributed by atoms with van der Waals surface area (Å²) in [6.45, 7) is 0.558. The van der Waals surface area contributed by atoms with Gasteiger partial charge in [0.2, 0.25) is 5.82 Å². The average molecular weight is 344 g/mol. The molecule has 0 atom stereocenters. The first-order valence-electron chi connectivity index (χ1n) is 7.24. The van der Waals surface area contributed by atoms with E-state index in [1.807, 2.05) is 24.3 Å². The van der Waals surface area contributed by atoms with Crippen molar-refractivity contribution in [3.05, 3.63) is 57.0 Å².